The number of carbonyl (C=O) groups excluding carboxylic acids is 2. The highest BCUT2D eigenvalue weighted by atomic mass is 16.6. The SMILES string of the molecule is CC(=O)OC[C@H](CO)OC(=O)CC(C)CC[C@@]1(C)C2=CCCC(C)(C)[C@@H]2CC[C@H]1C. The molecule has 1 unspecified atom stereocenters. The summed E-state index contributed by atoms with van der Waals surface area (Å²) in [6, 6.07) is 0. The summed E-state index contributed by atoms with van der Waals surface area (Å²) in [6.07, 6.45) is 9.10. The molecule has 0 saturated heterocycles. The van der Waals surface area contributed by atoms with Gasteiger partial charge in [-0.05, 0) is 67.1 Å². The van der Waals surface area contributed by atoms with Gasteiger partial charge in [0.2, 0.25) is 0 Å². The average Bonchev–Trinajstić information content (AvgIpc) is 2.66. The maximum Gasteiger partial charge on any atom is 0.306 e. The Hall–Kier alpha value is -1.36. The second kappa shape index (κ2) is 10.3. The second-order valence-corrected chi connectivity index (χ2v) is 10.6. The molecule has 0 aromatic carbocycles. The van der Waals surface area contributed by atoms with E-state index in [9.17, 15) is 14.7 Å². The number of carbonyl (C=O) groups is 2. The van der Waals surface area contributed by atoms with Crippen LogP contribution in [0, 0.1) is 28.6 Å². The molecule has 172 valence electrons. The van der Waals surface area contributed by atoms with Gasteiger partial charge < -0.3 is 14.6 Å². The summed E-state index contributed by atoms with van der Waals surface area (Å²) in [6.45, 7) is 12.6. The molecule has 5 atom stereocenters. The topological polar surface area (TPSA) is 72.8 Å². The molecule has 1 saturated carbocycles. The molecule has 0 aromatic heterocycles. The molecule has 30 heavy (non-hydrogen) atoms. The lowest BCUT2D eigenvalue weighted by molar-refractivity contribution is -0.161. The average molecular weight is 423 g/mol. The van der Waals surface area contributed by atoms with Crippen molar-refractivity contribution in [2.75, 3.05) is 13.2 Å². The van der Waals surface area contributed by atoms with Crippen molar-refractivity contribution in [3.05, 3.63) is 11.6 Å². The third-order valence-corrected chi connectivity index (χ3v) is 7.75. The van der Waals surface area contributed by atoms with Crippen LogP contribution in [0.25, 0.3) is 0 Å². The highest BCUT2D eigenvalue weighted by Gasteiger charge is 2.47. The van der Waals surface area contributed by atoms with Crippen LogP contribution in [-0.4, -0.2) is 36.4 Å². The number of rotatable bonds is 9. The highest BCUT2D eigenvalue weighted by molar-refractivity contribution is 5.70. The van der Waals surface area contributed by atoms with Gasteiger partial charge in [-0.3, -0.25) is 9.59 Å². The molecule has 2 aliphatic carbocycles. The number of hydrogen-bond donors (Lipinski definition) is 1. The predicted octanol–water partition coefficient (Wildman–Crippen LogP) is 5.06. The predicted molar refractivity (Wildman–Crippen MR) is 118 cm³/mol. The molecule has 0 spiro atoms. The van der Waals surface area contributed by atoms with Gasteiger partial charge >= 0.3 is 11.9 Å². The van der Waals surface area contributed by atoms with E-state index in [0.29, 0.717) is 23.7 Å². The van der Waals surface area contributed by atoms with Gasteiger partial charge in [0, 0.05) is 13.3 Å². The Morgan fingerprint density at radius 3 is 2.60 bits per heavy atom. The minimum Gasteiger partial charge on any atom is -0.462 e. The van der Waals surface area contributed by atoms with Crippen molar-refractivity contribution in [1.29, 1.82) is 0 Å². The maximum absolute atomic E-state index is 12.3. The molecule has 2 aliphatic rings. The lowest BCUT2D eigenvalue weighted by Crippen LogP contribution is -2.43. The Balaban J connectivity index is 1.92. The quantitative estimate of drug-likeness (QED) is 0.415. The Bertz CT molecular complexity index is 637. The molecule has 0 bridgehead atoms. The third-order valence-electron chi connectivity index (χ3n) is 7.75. The van der Waals surface area contributed by atoms with Gasteiger partial charge in [0.1, 0.15) is 6.61 Å². The standard InChI is InChI=1S/C25H42O5/c1-17(14-23(28)30-20(15-26)16-29-19(3)27)11-13-25(6)18(2)9-10-21-22(25)8-7-12-24(21,4)5/h8,17-18,20-21,26H,7,9-16H2,1-6H3/t17?,18-,20+,21-,25-/m1/s1. The van der Waals surface area contributed by atoms with E-state index in [-0.39, 0.29) is 30.5 Å². The normalized spacial score (nSPS) is 29.9. The zero-order chi connectivity index (χ0) is 22.5. The molecule has 5 heteroatoms. The van der Waals surface area contributed by atoms with E-state index in [1.165, 1.54) is 32.6 Å². The first-order valence-corrected chi connectivity index (χ1v) is 11.6. The van der Waals surface area contributed by atoms with Gasteiger partial charge in [-0.2, -0.15) is 0 Å². The largest absolute Gasteiger partial charge is 0.462 e. The number of esters is 2. The van der Waals surface area contributed by atoms with Gasteiger partial charge in [-0.1, -0.05) is 46.3 Å². The summed E-state index contributed by atoms with van der Waals surface area (Å²) < 4.78 is 10.1. The van der Waals surface area contributed by atoms with Crippen molar-refractivity contribution in [1.82, 2.24) is 0 Å². The molecule has 1 N–H and O–H groups in total. The molecular formula is C25H42O5. The summed E-state index contributed by atoms with van der Waals surface area (Å²) in [4.78, 5) is 23.2. The first-order valence-electron chi connectivity index (χ1n) is 11.6. The van der Waals surface area contributed by atoms with Gasteiger partial charge in [0.15, 0.2) is 6.10 Å². The fourth-order valence-corrected chi connectivity index (χ4v) is 5.43. The Labute approximate surface area is 182 Å². The van der Waals surface area contributed by atoms with Crippen LogP contribution < -0.4 is 0 Å². The molecule has 1 fully saturated rings. The maximum atomic E-state index is 12.3. The van der Waals surface area contributed by atoms with E-state index >= 15 is 0 Å². The summed E-state index contributed by atoms with van der Waals surface area (Å²) >= 11 is 0. The number of aliphatic hydroxyl groups is 1. The fraction of sp³-hybridized carbons (Fsp3) is 0.840. The molecule has 0 aliphatic heterocycles. The van der Waals surface area contributed by atoms with Crippen LogP contribution in [-0.2, 0) is 19.1 Å². The first-order chi connectivity index (χ1) is 14.0. The Morgan fingerprint density at radius 2 is 1.97 bits per heavy atom. The molecule has 0 aromatic rings. The van der Waals surface area contributed by atoms with Gasteiger partial charge in [-0.25, -0.2) is 0 Å². The summed E-state index contributed by atoms with van der Waals surface area (Å²) in [7, 11) is 0. The Kier molecular flexibility index (Phi) is 8.55. The molecule has 0 amide bonds. The van der Waals surface area contributed by atoms with Crippen molar-refractivity contribution in [3.63, 3.8) is 0 Å². The number of aliphatic hydroxyl groups excluding tert-OH is 1. The number of ether oxygens (including phenoxy) is 2. The van der Waals surface area contributed by atoms with E-state index in [2.05, 4.69) is 40.7 Å². The number of hydrogen-bond acceptors (Lipinski definition) is 5. The first kappa shape index (κ1) is 24.9. The van der Waals surface area contributed by atoms with Crippen LogP contribution >= 0.6 is 0 Å². The van der Waals surface area contributed by atoms with E-state index in [4.69, 9.17) is 9.47 Å². The van der Waals surface area contributed by atoms with Gasteiger partial charge in [0.05, 0.1) is 6.61 Å². The molecule has 0 heterocycles. The minimum atomic E-state index is -0.792. The zero-order valence-electron chi connectivity index (χ0n) is 19.8. The fourth-order valence-electron chi connectivity index (χ4n) is 5.43. The highest BCUT2D eigenvalue weighted by Crippen LogP contribution is 2.58. The van der Waals surface area contributed by atoms with Crippen molar-refractivity contribution in [2.24, 2.45) is 28.6 Å². The van der Waals surface area contributed by atoms with E-state index in [1.807, 2.05) is 0 Å². The number of fused-ring (bicyclic) bond motifs is 1. The molecular weight excluding hydrogens is 380 g/mol. The van der Waals surface area contributed by atoms with Crippen LogP contribution in [0.4, 0.5) is 0 Å². The van der Waals surface area contributed by atoms with Crippen LogP contribution in [0.1, 0.15) is 86.5 Å². The van der Waals surface area contributed by atoms with Gasteiger partial charge in [-0.15, -0.1) is 0 Å². The summed E-state index contributed by atoms with van der Waals surface area (Å²) in [5, 5.41) is 9.34. The van der Waals surface area contributed by atoms with Crippen molar-refractivity contribution < 1.29 is 24.2 Å². The van der Waals surface area contributed by atoms with E-state index < -0.39 is 12.1 Å². The van der Waals surface area contributed by atoms with Crippen molar-refractivity contribution in [3.8, 4) is 0 Å². The van der Waals surface area contributed by atoms with Crippen molar-refractivity contribution in [2.45, 2.75) is 92.6 Å². The van der Waals surface area contributed by atoms with Crippen LogP contribution in [0.3, 0.4) is 0 Å². The van der Waals surface area contributed by atoms with E-state index in [1.54, 1.807) is 5.57 Å². The second-order valence-electron chi connectivity index (χ2n) is 10.6. The van der Waals surface area contributed by atoms with Crippen molar-refractivity contribution >= 4 is 11.9 Å². The lowest BCUT2D eigenvalue weighted by Gasteiger charge is -2.53. The van der Waals surface area contributed by atoms with E-state index in [0.717, 1.165) is 12.8 Å². The summed E-state index contributed by atoms with van der Waals surface area (Å²) in [5.41, 5.74) is 2.23. The lowest BCUT2D eigenvalue weighted by atomic mass is 9.52. The molecule has 2 rings (SSSR count). The van der Waals surface area contributed by atoms with Gasteiger partial charge in [0.25, 0.3) is 0 Å². The zero-order valence-corrected chi connectivity index (χ0v) is 19.8. The molecule has 5 nitrogen and oxygen atoms in total. The monoisotopic (exact) mass is 422 g/mol. The summed E-state index contributed by atoms with van der Waals surface area (Å²) in [5.74, 6) is 0.736. The van der Waals surface area contributed by atoms with Crippen LogP contribution in [0.15, 0.2) is 11.6 Å². The number of allylic oxidation sites excluding steroid dienone is 2. The smallest absolute Gasteiger partial charge is 0.306 e. The van der Waals surface area contributed by atoms with Crippen LogP contribution in [0.5, 0.6) is 0 Å². The molecule has 0 radical (unpaired) electrons. The van der Waals surface area contributed by atoms with Crippen LogP contribution in [0.2, 0.25) is 0 Å². The minimum absolute atomic E-state index is 0.104. The third kappa shape index (κ3) is 6.09. The Morgan fingerprint density at radius 1 is 1.27 bits per heavy atom.